The van der Waals surface area contributed by atoms with Crippen LogP contribution in [0.2, 0.25) is 0 Å². The second-order valence-electron chi connectivity index (χ2n) is 8.05. The topological polar surface area (TPSA) is 102 Å². The summed E-state index contributed by atoms with van der Waals surface area (Å²) in [5.41, 5.74) is 9.72. The highest BCUT2D eigenvalue weighted by Crippen LogP contribution is 2.50. The molecule has 0 saturated carbocycles. The fourth-order valence-corrected chi connectivity index (χ4v) is 4.86. The number of hydrogen-bond acceptors (Lipinski definition) is 7. The highest BCUT2D eigenvalue weighted by atomic mass is 32.1. The van der Waals surface area contributed by atoms with Crippen LogP contribution >= 0.6 is 12.2 Å². The van der Waals surface area contributed by atoms with Gasteiger partial charge in [-0.2, -0.15) is 0 Å². The van der Waals surface area contributed by atoms with E-state index in [9.17, 15) is 4.79 Å². The predicted octanol–water partition coefficient (Wildman–Crippen LogP) is 5.41. The van der Waals surface area contributed by atoms with E-state index < -0.39 is 11.9 Å². The van der Waals surface area contributed by atoms with Gasteiger partial charge in [0, 0.05) is 11.1 Å². The monoisotopic (exact) mass is 484 g/mol. The van der Waals surface area contributed by atoms with Crippen LogP contribution in [0.25, 0.3) is 16.5 Å². The molecule has 4 aromatic rings. The van der Waals surface area contributed by atoms with Crippen LogP contribution in [-0.4, -0.2) is 29.7 Å². The van der Waals surface area contributed by atoms with E-state index in [-0.39, 0.29) is 11.4 Å². The van der Waals surface area contributed by atoms with Gasteiger partial charge in [-0.1, -0.05) is 60.7 Å². The molecule has 0 aliphatic carbocycles. The van der Waals surface area contributed by atoms with Gasteiger partial charge in [-0.05, 0) is 41.5 Å². The first-order valence-corrected chi connectivity index (χ1v) is 11.6. The lowest BCUT2D eigenvalue weighted by atomic mass is 9.78. The van der Waals surface area contributed by atoms with Crippen LogP contribution in [0.4, 0.5) is 11.6 Å². The Morgan fingerprint density at radius 3 is 2.54 bits per heavy atom. The Bertz CT molecular complexity index is 1530. The van der Waals surface area contributed by atoms with Gasteiger partial charge < -0.3 is 25.5 Å². The quantitative estimate of drug-likeness (QED) is 0.257. The third-order valence-electron chi connectivity index (χ3n) is 6.09. The summed E-state index contributed by atoms with van der Waals surface area (Å²) in [6, 6.07) is 21.4. The molecular weight excluding hydrogens is 460 g/mol. The number of nitrogens with one attached hydrogen (secondary N) is 2. The first-order chi connectivity index (χ1) is 17.0. The minimum Gasteiger partial charge on any atom is -0.496 e. The zero-order valence-electron chi connectivity index (χ0n) is 19.3. The summed E-state index contributed by atoms with van der Waals surface area (Å²) in [6.07, 6.45) is 0. The van der Waals surface area contributed by atoms with Crippen molar-refractivity contribution in [1.29, 1.82) is 0 Å². The van der Waals surface area contributed by atoms with Crippen molar-refractivity contribution < 1.29 is 14.3 Å². The number of methoxy groups -OCH3 is 1. The van der Waals surface area contributed by atoms with Gasteiger partial charge >= 0.3 is 5.97 Å². The lowest BCUT2D eigenvalue weighted by Crippen LogP contribution is -2.27. The van der Waals surface area contributed by atoms with Crippen molar-refractivity contribution in [3.05, 3.63) is 93.8 Å². The summed E-state index contributed by atoms with van der Waals surface area (Å²) >= 11 is 5.32. The first kappa shape index (κ1) is 22.6. The zero-order valence-corrected chi connectivity index (χ0v) is 20.1. The molecule has 0 bridgehead atoms. The van der Waals surface area contributed by atoms with Gasteiger partial charge in [0.05, 0.1) is 30.9 Å². The molecule has 35 heavy (non-hydrogen) atoms. The second kappa shape index (κ2) is 9.23. The standard InChI is InChI=1S/C27H24N4O3S/c1-3-34-26(32)21-20(19-17-12-8-7-9-15(17)13-14-18(19)33-2)22-24(28)30-27(35)31-25(22)29-23(21)16-10-5-4-6-11-16/h4-14,20H,3H2,1-2H3,(H4,28,29,30,31,35). The van der Waals surface area contributed by atoms with Crippen LogP contribution in [-0.2, 0) is 9.53 Å². The molecule has 0 saturated heterocycles. The SMILES string of the molecule is CCOC(=O)C1=C(c2ccccc2)Nc2nc(=S)[nH]c(N)c2C1c1c(OC)ccc2ccccc12. The Morgan fingerprint density at radius 2 is 1.80 bits per heavy atom. The summed E-state index contributed by atoms with van der Waals surface area (Å²) in [7, 11) is 1.61. The molecule has 0 spiro atoms. The number of aromatic amines is 1. The van der Waals surface area contributed by atoms with E-state index in [0.29, 0.717) is 34.2 Å². The summed E-state index contributed by atoms with van der Waals surface area (Å²) in [5, 5.41) is 5.26. The number of aromatic nitrogens is 2. The van der Waals surface area contributed by atoms with Crippen molar-refractivity contribution in [2.45, 2.75) is 12.8 Å². The molecule has 0 amide bonds. The van der Waals surface area contributed by atoms with Crippen molar-refractivity contribution in [2.24, 2.45) is 0 Å². The molecule has 4 N–H and O–H groups in total. The molecule has 1 aliphatic rings. The average molecular weight is 485 g/mol. The number of benzene rings is 3. The molecule has 5 rings (SSSR count). The molecule has 1 aromatic heterocycles. The molecule has 2 heterocycles. The van der Waals surface area contributed by atoms with E-state index in [1.165, 1.54) is 0 Å². The number of carbonyl (C=O) groups excluding carboxylic acids is 1. The van der Waals surface area contributed by atoms with Gasteiger partial charge in [0.1, 0.15) is 17.4 Å². The highest BCUT2D eigenvalue weighted by molar-refractivity contribution is 7.71. The van der Waals surface area contributed by atoms with E-state index in [1.807, 2.05) is 66.7 Å². The number of carbonyl (C=O) groups is 1. The van der Waals surface area contributed by atoms with Crippen molar-refractivity contribution in [1.82, 2.24) is 9.97 Å². The largest absolute Gasteiger partial charge is 0.496 e. The number of H-pyrrole nitrogens is 1. The second-order valence-corrected chi connectivity index (χ2v) is 8.44. The van der Waals surface area contributed by atoms with E-state index in [2.05, 4.69) is 15.3 Å². The molecule has 8 heteroatoms. The van der Waals surface area contributed by atoms with Gasteiger partial charge in [0.2, 0.25) is 0 Å². The molecule has 1 atom stereocenters. The van der Waals surface area contributed by atoms with Gasteiger partial charge in [-0.15, -0.1) is 0 Å². The Morgan fingerprint density at radius 1 is 1.06 bits per heavy atom. The van der Waals surface area contributed by atoms with Crippen LogP contribution < -0.4 is 15.8 Å². The maximum atomic E-state index is 13.6. The third-order valence-corrected chi connectivity index (χ3v) is 6.28. The molecular formula is C27H24N4O3S. The number of esters is 1. The lowest BCUT2D eigenvalue weighted by molar-refractivity contribution is -0.138. The van der Waals surface area contributed by atoms with Crippen molar-refractivity contribution >= 4 is 46.3 Å². The molecule has 3 aromatic carbocycles. The van der Waals surface area contributed by atoms with Crippen LogP contribution in [0.1, 0.15) is 29.5 Å². The number of anilines is 2. The van der Waals surface area contributed by atoms with E-state index in [4.69, 9.17) is 27.4 Å². The van der Waals surface area contributed by atoms with Crippen LogP contribution in [0.15, 0.2) is 72.3 Å². The Hall–Kier alpha value is -4.17. The summed E-state index contributed by atoms with van der Waals surface area (Å²) in [6.45, 7) is 2.01. The van der Waals surface area contributed by atoms with E-state index >= 15 is 0 Å². The fourth-order valence-electron chi connectivity index (χ4n) is 4.66. The number of nitrogens with two attached hydrogens (primary N) is 1. The van der Waals surface area contributed by atoms with E-state index in [0.717, 1.165) is 21.9 Å². The zero-order chi connectivity index (χ0) is 24.5. The minimum absolute atomic E-state index is 0.224. The van der Waals surface area contributed by atoms with Gasteiger partial charge in [0.15, 0.2) is 4.77 Å². The summed E-state index contributed by atoms with van der Waals surface area (Å²) in [5.74, 6) is 0.337. The minimum atomic E-state index is -0.638. The van der Waals surface area contributed by atoms with Crippen molar-refractivity contribution in [3.8, 4) is 5.75 Å². The number of ether oxygens (including phenoxy) is 2. The summed E-state index contributed by atoms with van der Waals surface area (Å²) in [4.78, 5) is 21.1. The maximum Gasteiger partial charge on any atom is 0.337 e. The highest BCUT2D eigenvalue weighted by Gasteiger charge is 2.39. The summed E-state index contributed by atoms with van der Waals surface area (Å²) < 4.78 is 11.6. The van der Waals surface area contributed by atoms with Crippen LogP contribution in [0.3, 0.4) is 0 Å². The molecule has 7 nitrogen and oxygen atoms in total. The van der Waals surface area contributed by atoms with E-state index in [1.54, 1.807) is 14.0 Å². The number of nitrogen functional groups attached to an aromatic ring is 1. The van der Waals surface area contributed by atoms with Gasteiger partial charge in [0.25, 0.3) is 0 Å². The first-order valence-electron chi connectivity index (χ1n) is 11.2. The number of hydrogen-bond donors (Lipinski definition) is 3. The van der Waals surface area contributed by atoms with Gasteiger partial charge in [-0.3, -0.25) is 0 Å². The predicted molar refractivity (Wildman–Crippen MR) is 140 cm³/mol. The lowest BCUT2D eigenvalue weighted by Gasteiger charge is -2.32. The Kier molecular flexibility index (Phi) is 5.96. The molecule has 1 unspecified atom stereocenters. The molecule has 176 valence electrons. The molecule has 0 fully saturated rings. The fraction of sp³-hybridized carbons (Fsp3) is 0.148. The number of nitrogens with zero attached hydrogens (tertiary/aromatic N) is 1. The Balaban J connectivity index is 1.94. The molecule has 1 aliphatic heterocycles. The van der Waals surface area contributed by atoms with Crippen LogP contribution in [0, 0.1) is 4.77 Å². The maximum absolute atomic E-state index is 13.6. The number of fused-ring (bicyclic) bond motifs is 2. The third kappa shape index (κ3) is 3.91. The van der Waals surface area contributed by atoms with Crippen molar-refractivity contribution in [2.75, 3.05) is 24.8 Å². The van der Waals surface area contributed by atoms with Crippen LogP contribution in [0.5, 0.6) is 5.75 Å². The van der Waals surface area contributed by atoms with Gasteiger partial charge in [-0.25, -0.2) is 9.78 Å². The Labute approximate surface area is 207 Å². The normalized spacial score (nSPS) is 14.9. The van der Waals surface area contributed by atoms with Crippen molar-refractivity contribution in [3.63, 3.8) is 0 Å². The number of rotatable bonds is 5. The average Bonchev–Trinajstić information content (AvgIpc) is 2.87. The smallest absolute Gasteiger partial charge is 0.337 e. The molecule has 0 radical (unpaired) electrons.